The lowest BCUT2D eigenvalue weighted by atomic mass is 10.2. The van der Waals surface area contributed by atoms with Gasteiger partial charge in [-0.25, -0.2) is 18.1 Å². The quantitative estimate of drug-likeness (QED) is 0.937. The topological polar surface area (TPSA) is 60.3 Å². The van der Waals surface area contributed by atoms with Crippen LogP contribution in [0.1, 0.15) is 11.1 Å². The van der Waals surface area contributed by atoms with Gasteiger partial charge in [0.15, 0.2) is 12.4 Å². The van der Waals surface area contributed by atoms with Gasteiger partial charge in [-0.3, -0.25) is 0 Å². The first-order chi connectivity index (χ1) is 8.99. The van der Waals surface area contributed by atoms with Crippen LogP contribution < -0.4 is 9.71 Å². The second-order valence-electron chi connectivity index (χ2n) is 4.15. The molecule has 0 atom stereocenters. The van der Waals surface area contributed by atoms with Crippen molar-refractivity contribution in [3.05, 3.63) is 58.9 Å². The van der Waals surface area contributed by atoms with E-state index in [0.717, 1.165) is 5.56 Å². The number of hydrogen-bond acceptors (Lipinski definition) is 2. The Hall–Kier alpha value is -1.43. The number of H-pyrrole nitrogens is 1. The molecule has 2 N–H and O–H groups in total. The number of pyridine rings is 1. The molecule has 0 bridgehead atoms. The number of sulfonamides is 1. The fraction of sp³-hybridized carbons (Fsp3) is 0.154. The third kappa shape index (κ3) is 3.53. The Morgan fingerprint density at radius 3 is 2.74 bits per heavy atom. The molecule has 0 aliphatic heterocycles. The number of aromatic nitrogens is 1. The SMILES string of the molecule is Cc1cc(Cl)ccc1S(=O)(=O)NCc1ccc[nH+]c1. The van der Waals surface area contributed by atoms with Crippen molar-refractivity contribution in [2.45, 2.75) is 18.4 Å². The van der Waals surface area contributed by atoms with Crippen molar-refractivity contribution in [1.29, 1.82) is 0 Å². The van der Waals surface area contributed by atoms with Gasteiger partial charge in [-0.2, -0.15) is 0 Å². The summed E-state index contributed by atoms with van der Waals surface area (Å²) in [6, 6.07) is 8.37. The molecule has 19 heavy (non-hydrogen) atoms. The summed E-state index contributed by atoms with van der Waals surface area (Å²) in [6.45, 7) is 1.96. The molecule has 0 amide bonds. The summed E-state index contributed by atoms with van der Waals surface area (Å²) in [7, 11) is -3.53. The Kier molecular flexibility index (Phi) is 4.19. The average molecular weight is 298 g/mol. The van der Waals surface area contributed by atoms with E-state index >= 15 is 0 Å². The van der Waals surface area contributed by atoms with Crippen LogP contribution in [0, 0.1) is 6.92 Å². The first-order valence-electron chi connectivity index (χ1n) is 5.70. The van der Waals surface area contributed by atoms with Crippen LogP contribution in [0.15, 0.2) is 47.6 Å². The van der Waals surface area contributed by atoms with Crippen LogP contribution in [0.25, 0.3) is 0 Å². The molecule has 100 valence electrons. The standard InChI is InChI=1S/C13H13ClN2O2S/c1-10-7-12(14)4-5-13(10)19(17,18)16-9-11-3-2-6-15-8-11/h2-8,16H,9H2,1H3/p+1. The van der Waals surface area contributed by atoms with Crippen LogP contribution >= 0.6 is 11.6 Å². The Balaban J connectivity index is 2.19. The van der Waals surface area contributed by atoms with E-state index in [4.69, 9.17) is 11.6 Å². The molecule has 1 heterocycles. The summed E-state index contributed by atoms with van der Waals surface area (Å²) in [5.41, 5.74) is 1.48. The largest absolute Gasteiger partial charge is 0.241 e. The van der Waals surface area contributed by atoms with Gasteiger partial charge in [-0.1, -0.05) is 11.6 Å². The molecule has 2 rings (SSSR count). The van der Waals surface area contributed by atoms with Crippen molar-refractivity contribution in [2.75, 3.05) is 0 Å². The minimum absolute atomic E-state index is 0.238. The van der Waals surface area contributed by atoms with Gasteiger partial charge in [0.1, 0.15) is 0 Å². The van der Waals surface area contributed by atoms with Crippen molar-refractivity contribution >= 4 is 21.6 Å². The maximum Gasteiger partial charge on any atom is 0.241 e. The highest BCUT2D eigenvalue weighted by Gasteiger charge is 2.16. The fourth-order valence-electron chi connectivity index (χ4n) is 1.71. The minimum Gasteiger partial charge on any atom is -0.218 e. The van der Waals surface area contributed by atoms with E-state index in [1.54, 1.807) is 31.5 Å². The predicted octanol–water partition coefficient (Wildman–Crippen LogP) is 1.94. The molecule has 4 nitrogen and oxygen atoms in total. The molecule has 6 heteroatoms. The lowest BCUT2D eigenvalue weighted by Crippen LogP contribution is -2.24. The maximum atomic E-state index is 12.2. The van der Waals surface area contributed by atoms with Crippen LogP contribution in [0.2, 0.25) is 5.02 Å². The lowest BCUT2D eigenvalue weighted by molar-refractivity contribution is -0.378. The summed E-state index contributed by atoms with van der Waals surface area (Å²) in [6.07, 6.45) is 3.51. The van der Waals surface area contributed by atoms with Gasteiger partial charge in [0.2, 0.25) is 10.0 Å². The van der Waals surface area contributed by atoms with Gasteiger partial charge in [0.05, 0.1) is 4.90 Å². The van der Waals surface area contributed by atoms with Crippen LogP contribution in [0.5, 0.6) is 0 Å². The molecule has 1 aromatic carbocycles. The normalized spacial score (nSPS) is 11.5. The minimum atomic E-state index is -3.53. The van der Waals surface area contributed by atoms with E-state index in [1.807, 2.05) is 12.1 Å². The first kappa shape index (κ1) is 14.0. The molecule has 0 aliphatic rings. The molecular weight excluding hydrogens is 284 g/mol. The summed E-state index contributed by atoms with van der Waals surface area (Å²) >= 11 is 5.82. The molecular formula is C13H14ClN2O2S+. The molecule has 0 saturated heterocycles. The van der Waals surface area contributed by atoms with Gasteiger partial charge in [0.25, 0.3) is 0 Å². The third-order valence-corrected chi connectivity index (χ3v) is 4.46. The highest BCUT2D eigenvalue weighted by Crippen LogP contribution is 2.19. The number of rotatable bonds is 4. The van der Waals surface area contributed by atoms with Crippen molar-refractivity contribution in [2.24, 2.45) is 0 Å². The maximum absolute atomic E-state index is 12.2. The Morgan fingerprint density at radius 2 is 2.11 bits per heavy atom. The predicted molar refractivity (Wildman–Crippen MR) is 73.2 cm³/mol. The van der Waals surface area contributed by atoms with Gasteiger partial charge >= 0.3 is 0 Å². The summed E-state index contributed by atoms with van der Waals surface area (Å²) in [5.74, 6) is 0. The Morgan fingerprint density at radius 1 is 1.32 bits per heavy atom. The third-order valence-electron chi connectivity index (χ3n) is 2.66. The second kappa shape index (κ2) is 5.69. The lowest BCUT2D eigenvalue weighted by Gasteiger charge is -2.08. The zero-order valence-corrected chi connectivity index (χ0v) is 11.9. The molecule has 0 saturated carbocycles. The molecule has 0 spiro atoms. The van der Waals surface area contributed by atoms with Crippen molar-refractivity contribution in [3.8, 4) is 0 Å². The fourth-order valence-corrected chi connectivity index (χ4v) is 3.18. The number of hydrogen-bond donors (Lipinski definition) is 1. The summed E-state index contributed by atoms with van der Waals surface area (Å²) < 4.78 is 26.9. The van der Waals surface area contributed by atoms with Gasteiger partial charge in [0, 0.05) is 23.2 Å². The van der Waals surface area contributed by atoms with E-state index < -0.39 is 10.0 Å². The molecule has 0 fully saturated rings. The average Bonchev–Trinajstić information content (AvgIpc) is 2.37. The van der Waals surface area contributed by atoms with Crippen LogP contribution in [-0.4, -0.2) is 8.42 Å². The smallest absolute Gasteiger partial charge is 0.218 e. The summed E-state index contributed by atoms with van der Waals surface area (Å²) in [5, 5.41) is 0.522. The van der Waals surface area contributed by atoms with Crippen molar-refractivity contribution < 1.29 is 13.4 Å². The highest BCUT2D eigenvalue weighted by atomic mass is 35.5. The van der Waals surface area contributed by atoms with E-state index in [2.05, 4.69) is 9.71 Å². The van der Waals surface area contributed by atoms with Crippen LogP contribution in [0.3, 0.4) is 0 Å². The number of nitrogens with one attached hydrogen (secondary N) is 2. The van der Waals surface area contributed by atoms with Crippen molar-refractivity contribution in [1.82, 2.24) is 4.72 Å². The Labute approximate surface area is 117 Å². The molecule has 1 aromatic heterocycles. The first-order valence-corrected chi connectivity index (χ1v) is 7.56. The van der Waals surface area contributed by atoms with Crippen molar-refractivity contribution in [3.63, 3.8) is 0 Å². The van der Waals surface area contributed by atoms with Gasteiger partial charge in [-0.05, 0) is 36.8 Å². The van der Waals surface area contributed by atoms with Gasteiger partial charge < -0.3 is 0 Å². The number of halogens is 1. The molecule has 2 aromatic rings. The van der Waals surface area contributed by atoms with E-state index in [1.165, 1.54) is 6.07 Å². The van der Waals surface area contributed by atoms with E-state index in [0.29, 0.717) is 10.6 Å². The van der Waals surface area contributed by atoms with E-state index in [-0.39, 0.29) is 11.4 Å². The molecule has 0 aliphatic carbocycles. The molecule has 0 radical (unpaired) electrons. The van der Waals surface area contributed by atoms with Gasteiger partial charge in [-0.15, -0.1) is 0 Å². The van der Waals surface area contributed by atoms with Crippen LogP contribution in [-0.2, 0) is 16.6 Å². The second-order valence-corrected chi connectivity index (χ2v) is 6.32. The van der Waals surface area contributed by atoms with E-state index in [9.17, 15) is 8.42 Å². The number of aromatic amines is 1. The number of benzene rings is 1. The number of aryl methyl sites for hydroxylation is 1. The zero-order chi connectivity index (χ0) is 13.9. The Bertz CT molecular complexity index is 672. The monoisotopic (exact) mass is 297 g/mol. The summed E-state index contributed by atoms with van der Waals surface area (Å²) in [4.78, 5) is 3.15. The zero-order valence-electron chi connectivity index (χ0n) is 10.4. The molecule has 0 unspecified atom stereocenters. The highest BCUT2D eigenvalue weighted by molar-refractivity contribution is 7.89. The van der Waals surface area contributed by atoms with Crippen LogP contribution in [0.4, 0.5) is 0 Å².